The van der Waals surface area contributed by atoms with Crippen molar-refractivity contribution in [3.8, 4) is 0 Å². The zero-order valence-corrected chi connectivity index (χ0v) is 17.9. The van der Waals surface area contributed by atoms with E-state index in [1.54, 1.807) is 0 Å². The molecular formula is C25H42O2. The highest BCUT2D eigenvalue weighted by Crippen LogP contribution is 2.16. The SMILES string of the molecule is CCCCCCCCCCCCCCCC(=O)OCC(C)c1ccccc1. The van der Waals surface area contributed by atoms with Crippen molar-refractivity contribution >= 4 is 5.97 Å². The predicted molar refractivity (Wildman–Crippen MR) is 116 cm³/mol. The van der Waals surface area contributed by atoms with E-state index < -0.39 is 0 Å². The van der Waals surface area contributed by atoms with Crippen LogP contribution in [0, 0.1) is 0 Å². The molecule has 0 aliphatic carbocycles. The average molecular weight is 375 g/mol. The van der Waals surface area contributed by atoms with Gasteiger partial charge in [0.2, 0.25) is 0 Å². The van der Waals surface area contributed by atoms with E-state index >= 15 is 0 Å². The summed E-state index contributed by atoms with van der Waals surface area (Å²) in [6.07, 6.45) is 17.8. The zero-order valence-electron chi connectivity index (χ0n) is 17.9. The maximum absolute atomic E-state index is 11.9. The molecule has 0 aliphatic heterocycles. The molecule has 0 heterocycles. The summed E-state index contributed by atoms with van der Waals surface area (Å²) < 4.78 is 5.43. The van der Waals surface area contributed by atoms with Gasteiger partial charge in [-0.1, -0.05) is 121 Å². The quantitative estimate of drug-likeness (QED) is 0.205. The number of benzene rings is 1. The van der Waals surface area contributed by atoms with Crippen molar-refractivity contribution in [2.24, 2.45) is 0 Å². The molecular weight excluding hydrogens is 332 g/mol. The zero-order chi connectivity index (χ0) is 19.6. The molecule has 154 valence electrons. The minimum absolute atomic E-state index is 0.0409. The second-order valence-corrected chi connectivity index (χ2v) is 7.99. The minimum Gasteiger partial charge on any atom is -0.465 e. The summed E-state index contributed by atoms with van der Waals surface area (Å²) in [6, 6.07) is 10.2. The number of carbonyl (C=O) groups excluding carboxylic acids is 1. The van der Waals surface area contributed by atoms with Gasteiger partial charge in [-0.15, -0.1) is 0 Å². The van der Waals surface area contributed by atoms with Crippen LogP contribution in [-0.4, -0.2) is 12.6 Å². The molecule has 1 aromatic rings. The molecule has 1 rings (SSSR count). The Balaban J connectivity index is 1.86. The van der Waals surface area contributed by atoms with Crippen molar-refractivity contribution in [1.29, 1.82) is 0 Å². The summed E-state index contributed by atoms with van der Waals surface area (Å²) >= 11 is 0. The van der Waals surface area contributed by atoms with Crippen LogP contribution >= 0.6 is 0 Å². The Labute approximate surface area is 168 Å². The van der Waals surface area contributed by atoms with Gasteiger partial charge in [0.05, 0.1) is 6.61 Å². The second-order valence-electron chi connectivity index (χ2n) is 7.99. The predicted octanol–water partition coefficient (Wildman–Crippen LogP) is 7.81. The topological polar surface area (TPSA) is 26.3 Å². The van der Waals surface area contributed by atoms with E-state index in [4.69, 9.17) is 4.74 Å². The van der Waals surface area contributed by atoms with E-state index in [0.29, 0.717) is 13.0 Å². The summed E-state index contributed by atoms with van der Waals surface area (Å²) in [5, 5.41) is 0. The molecule has 27 heavy (non-hydrogen) atoms. The Morgan fingerprint density at radius 2 is 1.26 bits per heavy atom. The molecule has 0 spiro atoms. The van der Waals surface area contributed by atoms with Crippen LogP contribution in [0.15, 0.2) is 30.3 Å². The summed E-state index contributed by atoms with van der Waals surface area (Å²) in [6.45, 7) is 4.87. The Bertz CT molecular complexity index is 455. The molecule has 0 N–H and O–H groups in total. The molecule has 2 heteroatoms. The standard InChI is InChI=1S/C25H42O2/c1-3-4-5-6-7-8-9-10-11-12-13-14-18-21-25(26)27-22-23(2)24-19-16-15-17-20-24/h15-17,19-20,23H,3-14,18,21-22H2,1-2H3. The fourth-order valence-electron chi connectivity index (χ4n) is 3.46. The van der Waals surface area contributed by atoms with Crippen LogP contribution in [0.1, 0.15) is 115 Å². The van der Waals surface area contributed by atoms with Gasteiger partial charge < -0.3 is 4.74 Å². The van der Waals surface area contributed by atoms with E-state index in [0.717, 1.165) is 12.8 Å². The van der Waals surface area contributed by atoms with Crippen LogP contribution in [0.4, 0.5) is 0 Å². The number of ether oxygens (including phenoxy) is 1. The van der Waals surface area contributed by atoms with Crippen molar-refractivity contribution in [3.05, 3.63) is 35.9 Å². The number of carbonyl (C=O) groups is 1. The third kappa shape index (κ3) is 13.5. The van der Waals surface area contributed by atoms with Gasteiger partial charge in [-0.3, -0.25) is 4.79 Å². The molecule has 0 amide bonds. The average Bonchev–Trinajstić information content (AvgIpc) is 2.70. The van der Waals surface area contributed by atoms with Gasteiger partial charge in [0, 0.05) is 12.3 Å². The molecule has 0 fully saturated rings. The third-order valence-corrected chi connectivity index (χ3v) is 5.35. The summed E-state index contributed by atoms with van der Waals surface area (Å²) in [7, 11) is 0. The van der Waals surface area contributed by atoms with E-state index in [1.807, 2.05) is 18.2 Å². The lowest BCUT2D eigenvalue weighted by Crippen LogP contribution is -2.10. The Morgan fingerprint density at radius 3 is 1.78 bits per heavy atom. The number of hydrogen-bond donors (Lipinski definition) is 0. The smallest absolute Gasteiger partial charge is 0.305 e. The van der Waals surface area contributed by atoms with Gasteiger partial charge in [0.1, 0.15) is 0 Å². The van der Waals surface area contributed by atoms with Crippen molar-refractivity contribution in [2.75, 3.05) is 6.61 Å². The number of esters is 1. The second kappa shape index (κ2) is 16.8. The highest BCUT2D eigenvalue weighted by molar-refractivity contribution is 5.69. The van der Waals surface area contributed by atoms with Crippen molar-refractivity contribution in [3.63, 3.8) is 0 Å². The van der Waals surface area contributed by atoms with Crippen molar-refractivity contribution < 1.29 is 9.53 Å². The Morgan fingerprint density at radius 1 is 0.778 bits per heavy atom. The first kappa shape index (κ1) is 23.7. The first-order valence-corrected chi connectivity index (χ1v) is 11.4. The number of rotatable bonds is 17. The highest BCUT2D eigenvalue weighted by Gasteiger charge is 2.09. The molecule has 2 nitrogen and oxygen atoms in total. The number of hydrogen-bond acceptors (Lipinski definition) is 2. The van der Waals surface area contributed by atoms with Crippen molar-refractivity contribution in [2.45, 2.75) is 110 Å². The lowest BCUT2D eigenvalue weighted by atomic mass is 10.0. The lowest BCUT2D eigenvalue weighted by Gasteiger charge is -2.12. The van der Waals surface area contributed by atoms with Crippen LogP contribution in [0.25, 0.3) is 0 Å². The maximum atomic E-state index is 11.9. The maximum Gasteiger partial charge on any atom is 0.305 e. The van der Waals surface area contributed by atoms with Crippen LogP contribution in [0.5, 0.6) is 0 Å². The van der Waals surface area contributed by atoms with Crippen LogP contribution in [0.3, 0.4) is 0 Å². The van der Waals surface area contributed by atoms with E-state index in [1.165, 1.54) is 76.2 Å². The Hall–Kier alpha value is -1.31. The van der Waals surface area contributed by atoms with Crippen LogP contribution < -0.4 is 0 Å². The van der Waals surface area contributed by atoms with Gasteiger partial charge in [-0.25, -0.2) is 0 Å². The van der Waals surface area contributed by atoms with E-state index in [2.05, 4.69) is 26.0 Å². The molecule has 0 aliphatic rings. The summed E-state index contributed by atoms with van der Waals surface area (Å²) in [5.41, 5.74) is 1.23. The fraction of sp³-hybridized carbons (Fsp3) is 0.720. The number of unbranched alkanes of at least 4 members (excludes halogenated alkanes) is 12. The molecule has 0 saturated carbocycles. The lowest BCUT2D eigenvalue weighted by molar-refractivity contribution is -0.144. The molecule has 0 aromatic heterocycles. The van der Waals surface area contributed by atoms with Gasteiger partial charge in [-0.2, -0.15) is 0 Å². The molecule has 1 unspecified atom stereocenters. The fourth-order valence-corrected chi connectivity index (χ4v) is 3.46. The van der Waals surface area contributed by atoms with Gasteiger partial charge in [0.15, 0.2) is 0 Å². The molecule has 0 radical (unpaired) electrons. The molecule has 0 saturated heterocycles. The minimum atomic E-state index is -0.0409. The van der Waals surface area contributed by atoms with Gasteiger partial charge in [-0.05, 0) is 12.0 Å². The Kier molecular flexibility index (Phi) is 14.8. The van der Waals surface area contributed by atoms with Gasteiger partial charge >= 0.3 is 5.97 Å². The normalized spacial score (nSPS) is 12.1. The monoisotopic (exact) mass is 374 g/mol. The van der Waals surface area contributed by atoms with Crippen LogP contribution in [0.2, 0.25) is 0 Å². The van der Waals surface area contributed by atoms with Gasteiger partial charge in [0.25, 0.3) is 0 Å². The summed E-state index contributed by atoms with van der Waals surface area (Å²) in [4.78, 5) is 11.9. The third-order valence-electron chi connectivity index (χ3n) is 5.35. The van der Waals surface area contributed by atoms with Crippen LogP contribution in [-0.2, 0) is 9.53 Å². The first-order chi connectivity index (χ1) is 13.2. The molecule has 1 aromatic carbocycles. The highest BCUT2D eigenvalue weighted by atomic mass is 16.5. The van der Waals surface area contributed by atoms with E-state index in [9.17, 15) is 4.79 Å². The largest absolute Gasteiger partial charge is 0.465 e. The van der Waals surface area contributed by atoms with Crippen molar-refractivity contribution in [1.82, 2.24) is 0 Å². The first-order valence-electron chi connectivity index (χ1n) is 11.4. The van der Waals surface area contributed by atoms with E-state index in [-0.39, 0.29) is 11.9 Å². The molecule has 1 atom stereocenters. The molecule has 0 bridgehead atoms. The summed E-state index contributed by atoms with van der Waals surface area (Å²) in [5.74, 6) is 0.225.